The van der Waals surface area contributed by atoms with Crippen LogP contribution in [0.4, 0.5) is 11.8 Å². The summed E-state index contributed by atoms with van der Waals surface area (Å²) < 4.78 is 17.1. The number of nitrogens with zero attached hydrogens (tertiary/aromatic N) is 2. The highest BCUT2D eigenvalue weighted by atomic mass is 16.5. The normalized spacial score (nSPS) is 12.2. The van der Waals surface area contributed by atoms with Gasteiger partial charge in [-0.25, -0.2) is 4.98 Å². The minimum Gasteiger partial charge on any atom is -0.490 e. The van der Waals surface area contributed by atoms with E-state index in [-0.39, 0.29) is 19.0 Å². The molecule has 0 bridgehead atoms. The first kappa shape index (κ1) is 19.3. The van der Waals surface area contributed by atoms with Crippen LogP contribution in [0, 0.1) is 0 Å². The monoisotopic (exact) mass is 386 g/mol. The lowest BCUT2D eigenvalue weighted by molar-refractivity contribution is -0.137. The summed E-state index contributed by atoms with van der Waals surface area (Å²) in [6.45, 7) is 0.655. The number of rotatable bonds is 8. The van der Waals surface area contributed by atoms with Gasteiger partial charge in [-0.05, 0) is 24.1 Å². The summed E-state index contributed by atoms with van der Waals surface area (Å²) in [6, 6.07) is 1.84. The predicted molar refractivity (Wildman–Crippen MR) is 104 cm³/mol. The number of carbonyl (C=O) groups is 1. The zero-order valence-corrected chi connectivity index (χ0v) is 15.5. The average Bonchev–Trinajstić information content (AvgIpc) is 2.67. The van der Waals surface area contributed by atoms with Gasteiger partial charge in [0.15, 0.2) is 11.5 Å². The van der Waals surface area contributed by atoms with Gasteiger partial charge in [0.05, 0.1) is 13.7 Å². The number of carboxylic acid groups (broad SMARTS) is 1. The molecule has 9 heteroatoms. The van der Waals surface area contributed by atoms with Crippen LogP contribution in [0.15, 0.2) is 18.3 Å². The van der Waals surface area contributed by atoms with Crippen molar-refractivity contribution in [3.63, 3.8) is 0 Å². The Morgan fingerprint density at radius 2 is 2.18 bits per heavy atom. The number of hydrogen-bond donors (Lipinski definition) is 3. The van der Waals surface area contributed by atoms with Crippen LogP contribution in [0.25, 0.3) is 6.08 Å². The number of nitrogen functional groups attached to an aromatic ring is 2. The highest BCUT2D eigenvalue weighted by Crippen LogP contribution is 2.45. The van der Waals surface area contributed by atoms with Crippen LogP contribution >= 0.6 is 0 Å². The quantitative estimate of drug-likeness (QED) is 0.579. The van der Waals surface area contributed by atoms with E-state index in [1.54, 1.807) is 6.20 Å². The predicted octanol–water partition coefficient (Wildman–Crippen LogP) is 1.89. The summed E-state index contributed by atoms with van der Waals surface area (Å²) >= 11 is 0. The van der Waals surface area contributed by atoms with Gasteiger partial charge in [-0.15, -0.1) is 0 Å². The van der Waals surface area contributed by atoms with Crippen LogP contribution in [-0.2, 0) is 11.2 Å². The zero-order chi connectivity index (χ0) is 20.1. The van der Waals surface area contributed by atoms with E-state index in [0.29, 0.717) is 42.5 Å². The van der Waals surface area contributed by atoms with Crippen molar-refractivity contribution < 1.29 is 24.1 Å². The van der Waals surface area contributed by atoms with Gasteiger partial charge < -0.3 is 30.8 Å². The number of fused-ring (bicyclic) bond motifs is 1. The minimum absolute atomic E-state index is 0.0264. The average molecular weight is 386 g/mol. The Bertz CT molecular complexity index is 914. The Kier molecular flexibility index (Phi) is 5.83. The number of anilines is 2. The van der Waals surface area contributed by atoms with E-state index in [4.69, 9.17) is 30.8 Å². The fourth-order valence-electron chi connectivity index (χ4n) is 2.93. The second-order valence-corrected chi connectivity index (χ2v) is 6.18. The molecule has 0 atom stereocenters. The fourth-order valence-corrected chi connectivity index (χ4v) is 2.93. The number of carboxylic acids is 1. The van der Waals surface area contributed by atoms with E-state index in [1.165, 1.54) is 7.11 Å². The second-order valence-electron chi connectivity index (χ2n) is 6.18. The van der Waals surface area contributed by atoms with Gasteiger partial charge in [0, 0.05) is 30.2 Å². The number of ether oxygens (including phenoxy) is 3. The molecule has 9 nitrogen and oxygen atoms in total. The van der Waals surface area contributed by atoms with Crippen molar-refractivity contribution in [3.05, 3.63) is 35.0 Å². The van der Waals surface area contributed by atoms with E-state index in [1.807, 2.05) is 18.2 Å². The molecule has 1 aliphatic rings. The Morgan fingerprint density at radius 3 is 2.89 bits per heavy atom. The van der Waals surface area contributed by atoms with Gasteiger partial charge in [-0.2, -0.15) is 4.98 Å². The fraction of sp³-hybridized carbons (Fsp3) is 0.316. The van der Waals surface area contributed by atoms with Gasteiger partial charge in [-0.3, -0.25) is 4.79 Å². The highest BCUT2D eigenvalue weighted by molar-refractivity contribution is 5.72. The topological polar surface area (TPSA) is 143 Å². The molecular formula is C19H22N4O5. The van der Waals surface area contributed by atoms with Crippen molar-refractivity contribution in [2.24, 2.45) is 0 Å². The van der Waals surface area contributed by atoms with Crippen LogP contribution < -0.4 is 25.7 Å². The number of aliphatic carboxylic acids is 1. The third kappa shape index (κ3) is 4.25. The summed E-state index contributed by atoms with van der Waals surface area (Å²) in [5.74, 6) is 1.08. The number of benzene rings is 1. The summed E-state index contributed by atoms with van der Waals surface area (Å²) in [5, 5.41) is 8.78. The molecule has 0 radical (unpaired) electrons. The van der Waals surface area contributed by atoms with E-state index in [0.717, 1.165) is 16.7 Å². The van der Waals surface area contributed by atoms with Crippen LogP contribution in [-0.4, -0.2) is 41.4 Å². The Hall–Kier alpha value is -3.49. The van der Waals surface area contributed by atoms with Gasteiger partial charge in [0.2, 0.25) is 11.7 Å². The third-order valence-electron chi connectivity index (χ3n) is 4.23. The highest BCUT2D eigenvalue weighted by Gasteiger charge is 2.22. The van der Waals surface area contributed by atoms with Gasteiger partial charge in [-0.1, -0.05) is 6.08 Å². The molecule has 1 aliphatic heterocycles. The molecular weight excluding hydrogens is 364 g/mol. The van der Waals surface area contributed by atoms with Crippen molar-refractivity contribution >= 4 is 23.8 Å². The number of hydrogen-bond acceptors (Lipinski definition) is 8. The molecule has 148 valence electrons. The molecule has 2 heterocycles. The van der Waals surface area contributed by atoms with Crippen LogP contribution in [0.1, 0.15) is 29.5 Å². The maximum absolute atomic E-state index is 10.7. The van der Waals surface area contributed by atoms with Crippen molar-refractivity contribution in [2.45, 2.75) is 19.3 Å². The first-order valence-electron chi connectivity index (χ1n) is 8.74. The van der Waals surface area contributed by atoms with Crippen molar-refractivity contribution in [3.8, 4) is 17.2 Å². The molecule has 0 unspecified atom stereocenters. The molecule has 0 aliphatic carbocycles. The zero-order valence-electron chi connectivity index (χ0n) is 15.5. The maximum atomic E-state index is 10.7. The number of nitrogens with two attached hydrogens (primary N) is 2. The lowest BCUT2D eigenvalue weighted by Gasteiger charge is -2.22. The number of aromatic nitrogens is 2. The smallest absolute Gasteiger partial charge is 0.303 e. The van der Waals surface area contributed by atoms with Crippen molar-refractivity contribution in [2.75, 3.05) is 31.8 Å². The lowest BCUT2D eigenvalue weighted by Crippen LogP contribution is -2.10. The van der Waals surface area contributed by atoms with Crippen LogP contribution in [0.3, 0.4) is 0 Å². The molecule has 28 heavy (non-hydrogen) atoms. The van der Waals surface area contributed by atoms with Crippen LogP contribution in [0.2, 0.25) is 0 Å². The number of methoxy groups -OCH3 is 1. The standard InChI is InChI=1S/C19H22N4O5/c1-26-17-14(27-6-3-5-15(24)25)9-11(13-4-2-7-28-16(13)17)8-12-10-22-19(21)23-18(12)20/h2,4,9-10H,3,5-8H2,1H3,(H,24,25)(H4,20,21,22,23). The summed E-state index contributed by atoms with van der Waals surface area (Å²) in [7, 11) is 1.53. The molecule has 5 N–H and O–H groups in total. The van der Waals surface area contributed by atoms with Crippen molar-refractivity contribution in [1.29, 1.82) is 0 Å². The molecule has 2 aromatic rings. The molecule has 1 aromatic carbocycles. The molecule has 0 spiro atoms. The minimum atomic E-state index is -0.867. The van der Waals surface area contributed by atoms with Gasteiger partial charge >= 0.3 is 5.97 Å². The Morgan fingerprint density at radius 1 is 1.36 bits per heavy atom. The summed E-state index contributed by atoms with van der Waals surface area (Å²) in [5.41, 5.74) is 14.0. The lowest BCUT2D eigenvalue weighted by atomic mass is 9.97. The van der Waals surface area contributed by atoms with Crippen molar-refractivity contribution in [1.82, 2.24) is 9.97 Å². The first-order valence-corrected chi connectivity index (χ1v) is 8.74. The molecule has 0 saturated heterocycles. The summed E-state index contributed by atoms with van der Waals surface area (Å²) in [4.78, 5) is 18.7. The first-order chi connectivity index (χ1) is 13.5. The van der Waals surface area contributed by atoms with Gasteiger partial charge in [0.25, 0.3) is 0 Å². The molecule has 0 fully saturated rings. The van der Waals surface area contributed by atoms with E-state index < -0.39 is 5.97 Å². The van der Waals surface area contributed by atoms with E-state index in [2.05, 4.69) is 9.97 Å². The molecule has 1 aromatic heterocycles. The largest absolute Gasteiger partial charge is 0.490 e. The SMILES string of the molecule is COc1c(OCCCC(=O)O)cc(Cc2cnc(N)nc2N)c2c1OCC=C2. The summed E-state index contributed by atoms with van der Waals surface area (Å²) in [6.07, 6.45) is 6.30. The third-order valence-corrected chi connectivity index (χ3v) is 4.23. The molecule has 0 saturated carbocycles. The Balaban J connectivity index is 1.95. The molecule has 0 amide bonds. The van der Waals surface area contributed by atoms with Crippen LogP contribution in [0.5, 0.6) is 17.2 Å². The van der Waals surface area contributed by atoms with E-state index >= 15 is 0 Å². The van der Waals surface area contributed by atoms with E-state index in [9.17, 15) is 4.79 Å². The second kappa shape index (κ2) is 8.47. The van der Waals surface area contributed by atoms with Gasteiger partial charge in [0.1, 0.15) is 12.4 Å². The Labute approximate surface area is 161 Å². The maximum Gasteiger partial charge on any atom is 0.303 e. The molecule has 3 rings (SSSR count).